The fourth-order valence-electron chi connectivity index (χ4n) is 1.88. The number of carbonyl (C=O) groups excluding carboxylic acids is 1. The average molecular weight is 244 g/mol. The topological polar surface area (TPSA) is 58.6 Å². The summed E-state index contributed by atoms with van der Waals surface area (Å²) >= 11 is 0. The first kappa shape index (κ1) is 12.8. The number of carbonyl (C=O) groups is 1. The third-order valence-corrected chi connectivity index (χ3v) is 2.62. The molecule has 1 aromatic carbocycles. The summed E-state index contributed by atoms with van der Waals surface area (Å²) in [5.41, 5.74) is 1.90. The van der Waals surface area contributed by atoms with Crippen molar-refractivity contribution < 1.29 is 14.6 Å². The number of fused-ring (bicyclic) bond motifs is 1. The second-order valence-corrected chi connectivity index (χ2v) is 3.54. The average Bonchev–Trinajstić information content (AvgIpc) is 2.26. The molecular weight excluding hydrogens is 230 g/mol. The fourth-order valence-corrected chi connectivity index (χ4v) is 1.88. The van der Waals surface area contributed by atoms with Crippen molar-refractivity contribution in [3.8, 4) is 5.75 Å². The number of hydrogen-bond donors (Lipinski definition) is 2. The van der Waals surface area contributed by atoms with Gasteiger partial charge in [-0.2, -0.15) is 0 Å². The zero-order chi connectivity index (χ0) is 10.8. The Morgan fingerprint density at radius 2 is 2.31 bits per heavy atom. The minimum Gasteiger partial charge on any atom is -0.508 e. The number of halogens is 1. The number of benzene rings is 1. The van der Waals surface area contributed by atoms with Gasteiger partial charge in [0.2, 0.25) is 0 Å². The first-order chi connectivity index (χ1) is 7.22. The molecule has 0 radical (unpaired) electrons. The Labute approximate surface area is 100 Å². The van der Waals surface area contributed by atoms with E-state index in [2.05, 4.69) is 5.32 Å². The lowest BCUT2D eigenvalue weighted by Crippen LogP contribution is -2.35. The first-order valence-electron chi connectivity index (χ1n) is 4.85. The fraction of sp³-hybridized carbons (Fsp3) is 0.364. The van der Waals surface area contributed by atoms with Crippen LogP contribution in [0.1, 0.15) is 17.2 Å². The number of hydrogen-bond acceptors (Lipinski definition) is 4. The summed E-state index contributed by atoms with van der Waals surface area (Å²) < 4.78 is 4.71. The lowest BCUT2D eigenvalue weighted by Gasteiger charge is -2.24. The van der Waals surface area contributed by atoms with E-state index in [9.17, 15) is 9.90 Å². The molecule has 1 atom stereocenters. The van der Waals surface area contributed by atoms with Crippen LogP contribution in [-0.2, 0) is 16.0 Å². The second kappa shape index (κ2) is 5.18. The van der Waals surface area contributed by atoms with Crippen molar-refractivity contribution >= 4 is 18.4 Å². The highest BCUT2D eigenvalue weighted by atomic mass is 35.5. The largest absolute Gasteiger partial charge is 0.508 e. The number of phenolic OH excluding ortho intramolecular Hbond substituents is 1. The molecule has 1 aliphatic heterocycles. The molecule has 88 valence electrons. The Bertz CT molecular complexity index is 395. The molecule has 0 spiro atoms. The van der Waals surface area contributed by atoms with Gasteiger partial charge in [0.05, 0.1) is 7.11 Å². The van der Waals surface area contributed by atoms with Crippen LogP contribution in [0.2, 0.25) is 0 Å². The molecular formula is C11H14ClNO3. The third kappa shape index (κ3) is 2.28. The van der Waals surface area contributed by atoms with E-state index in [1.54, 1.807) is 18.2 Å². The van der Waals surface area contributed by atoms with Gasteiger partial charge in [-0.25, -0.2) is 4.79 Å². The van der Waals surface area contributed by atoms with Crippen LogP contribution in [0.3, 0.4) is 0 Å². The standard InChI is InChI=1S/C11H13NO3.ClH/c1-15-11(14)10-9-3-2-8(13)6-7(9)4-5-12-10;/h2-3,6,10,12-13H,4-5H2,1H3;1H/t10-;/m1./s1. The maximum Gasteiger partial charge on any atom is 0.327 e. The molecule has 1 aromatic rings. The molecule has 0 amide bonds. The van der Waals surface area contributed by atoms with Gasteiger partial charge in [-0.05, 0) is 29.7 Å². The Morgan fingerprint density at radius 3 is 3.00 bits per heavy atom. The van der Waals surface area contributed by atoms with Crippen molar-refractivity contribution in [3.05, 3.63) is 29.3 Å². The maximum atomic E-state index is 11.5. The highest BCUT2D eigenvalue weighted by Crippen LogP contribution is 2.26. The van der Waals surface area contributed by atoms with Gasteiger partial charge in [0.15, 0.2) is 0 Å². The van der Waals surface area contributed by atoms with Crippen LogP contribution in [0.5, 0.6) is 5.75 Å². The monoisotopic (exact) mass is 243 g/mol. The Kier molecular flexibility index (Phi) is 4.15. The molecule has 2 rings (SSSR count). The van der Waals surface area contributed by atoms with E-state index >= 15 is 0 Å². The van der Waals surface area contributed by atoms with Crippen molar-refractivity contribution in [3.63, 3.8) is 0 Å². The summed E-state index contributed by atoms with van der Waals surface area (Å²) in [6, 6.07) is 4.64. The summed E-state index contributed by atoms with van der Waals surface area (Å²) in [5, 5.41) is 12.4. The van der Waals surface area contributed by atoms with Gasteiger partial charge in [-0.15, -0.1) is 12.4 Å². The quantitative estimate of drug-likeness (QED) is 0.727. The van der Waals surface area contributed by atoms with E-state index in [0.29, 0.717) is 0 Å². The number of esters is 1. The van der Waals surface area contributed by atoms with Gasteiger partial charge in [0.25, 0.3) is 0 Å². The third-order valence-electron chi connectivity index (χ3n) is 2.62. The van der Waals surface area contributed by atoms with Gasteiger partial charge in [0.1, 0.15) is 11.8 Å². The van der Waals surface area contributed by atoms with Crippen LogP contribution < -0.4 is 5.32 Å². The molecule has 16 heavy (non-hydrogen) atoms. The zero-order valence-electron chi connectivity index (χ0n) is 8.90. The number of methoxy groups -OCH3 is 1. The molecule has 0 saturated carbocycles. The Morgan fingerprint density at radius 1 is 1.56 bits per heavy atom. The van der Waals surface area contributed by atoms with Gasteiger partial charge >= 0.3 is 5.97 Å². The first-order valence-corrected chi connectivity index (χ1v) is 4.85. The van der Waals surface area contributed by atoms with Crippen molar-refractivity contribution in [1.29, 1.82) is 0 Å². The van der Waals surface area contributed by atoms with Crippen molar-refractivity contribution in [2.75, 3.05) is 13.7 Å². The second-order valence-electron chi connectivity index (χ2n) is 3.54. The highest BCUT2D eigenvalue weighted by molar-refractivity contribution is 5.85. The van der Waals surface area contributed by atoms with Gasteiger partial charge in [0, 0.05) is 6.54 Å². The van der Waals surface area contributed by atoms with Crippen LogP contribution >= 0.6 is 12.4 Å². The summed E-state index contributed by atoms with van der Waals surface area (Å²) in [7, 11) is 1.37. The molecule has 0 unspecified atom stereocenters. The number of rotatable bonds is 1. The zero-order valence-corrected chi connectivity index (χ0v) is 9.71. The number of phenols is 1. The molecule has 0 fully saturated rings. The van der Waals surface area contributed by atoms with Gasteiger partial charge in [-0.1, -0.05) is 6.07 Å². The predicted molar refractivity (Wildman–Crippen MR) is 61.8 cm³/mol. The molecule has 2 N–H and O–H groups in total. The number of nitrogens with one attached hydrogen (secondary N) is 1. The van der Waals surface area contributed by atoms with Crippen molar-refractivity contribution in [2.45, 2.75) is 12.5 Å². The summed E-state index contributed by atoms with van der Waals surface area (Å²) in [5.74, 6) is -0.0547. The minimum atomic E-state index is -0.403. The van der Waals surface area contributed by atoms with E-state index in [4.69, 9.17) is 4.74 Å². The van der Waals surface area contributed by atoms with Crippen LogP contribution in [-0.4, -0.2) is 24.7 Å². The summed E-state index contributed by atoms with van der Waals surface area (Å²) in [6.45, 7) is 0.718. The van der Waals surface area contributed by atoms with Crippen molar-refractivity contribution in [2.24, 2.45) is 0 Å². The maximum absolute atomic E-state index is 11.5. The van der Waals surface area contributed by atoms with Crippen LogP contribution in [0, 0.1) is 0 Å². The Balaban J connectivity index is 0.00000128. The highest BCUT2D eigenvalue weighted by Gasteiger charge is 2.26. The molecule has 1 aliphatic rings. The number of ether oxygens (including phenoxy) is 1. The van der Waals surface area contributed by atoms with E-state index in [1.165, 1.54) is 7.11 Å². The lowest BCUT2D eigenvalue weighted by molar-refractivity contribution is -0.143. The Hall–Kier alpha value is -1.26. The normalized spacial score (nSPS) is 18.2. The van der Waals surface area contributed by atoms with Crippen molar-refractivity contribution in [1.82, 2.24) is 5.32 Å². The molecule has 1 heterocycles. The predicted octanol–water partition coefficient (Wildman–Crippen LogP) is 1.17. The molecule has 0 aliphatic carbocycles. The number of aromatic hydroxyl groups is 1. The van der Waals surface area contributed by atoms with Gasteiger partial charge in [-0.3, -0.25) is 0 Å². The molecule has 4 nitrogen and oxygen atoms in total. The lowest BCUT2D eigenvalue weighted by atomic mass is 9.94. The van der Waals surface area contributed by atoms with E-state index in [-0.39, 0.29) is 24.1 Å². The van der Waals surface area contributed by atoms with Crippen LogP contribution in [0.4, 0.5) is 0 Å². The SMILES string of the molecule is COC(=O)[C@@H]1NCCc2cc(O)ccc21.Cl. The molecule has 5 heteroatoms. The van der Waals surface area contributed by atoms with Gasteiger partial charge < -0.3 is 15.2 Å². The minimum absolute atomic E-state index is 0. The van der Waals surface area contributed by atoms with E-state index in [1.807, 2.05) is 0 Å². The molecule has 0 bridgehead atoms. The van der Waals surface area contributed by atoms with Crippen LogP contribution in [0.15, 0.2) is 18.2 Å². The summed E-state index contributed by atoms with van der Waals surface area (Å²) in [6.07, 6.45) is 0.817. The van der Waals surface area contributed by atoms with Crippen LogP contribution in [0.25, 0.3) is 0 Å². The smallest absolute Gasteiger partial charge is 0.327 e. The summed E-state index contributed by atoms with van der Waals surface area (Å²) in [4.78, 5) is 11.5. The molecule has 0 aromatic heterocycles. The van der Waals surface area contributed by atoms with E-state index in [0.717, 1.165) is 24.1 Å². The molecule has 0 saturated heterocycles. The van der Waals surface area contributed by atoms with E-state index < -0.39 is 6.04 Å².